The van der Waals surface area contributed by atoms with E-state index in [4.69, 9.17) is 0 Å². The zero-order valence-electron chi connectivity index (χ0n) is 12.0. The summed E-state index contributed by atoms with van der Waals surface area (Å²) in [5, 5.41) is 0. The molecular formula is C18H20F2. The second kappa shape index (κ2) is 6.65. The fraction of sp³-hybridized carbons (Fsp3) is 0.333. The first-order valence-electron chi connectivity index (χ1n) is 7.23. The van der Waals surface area contributed by atoms with Crippen LogP contribution in [0.15, 0.2) is 36.4 Å². The average molecular weight is 274 g/mol. The Balaban J connectivity index is 2.30. The van der Waals surface area contributed by atoms with Gasteiger partial charge < -0.3 is 0 Å². The molecule has 0 unspecified atom stereocenters. The van der Waals surface area contributed by atoms with Crippen molar-refractivity contribution >= 4 is 0 Å². The summed E-state index contributed by atoms with van der Waals surface area (Å²) in [6.07, 6.45) is 3.83. The summed E-state index contributed by atoms with van der Waals surface area (Å²) < 4.78 is 27.9. The highest BCUT2D eigenvalue weighted by Gasteiger charge is 2.13. The second-order valence-electron chi connectivity index (χ2n) is 5.05. The number of hydrogen-bond acceptors (Lipinski definition) is 0. The molecule has 0 aliphatic heterocycles. The fourth-order valence-corrected chi connectivity index (χ4v) is 2.32. The highest BCUT2D eigenvalue weighted by Crippen LogP contribution is 2.27. The third kappa shape index (κ3) is 3.06. The van der Waals surface area contributed by atoms with Crippen molar-refractivity contribution < 1.29 is 8.78 Å². The number of halogens is 2. The molecule has 0 amide bonds. The Bertz CT molecular complexity index is 571. The summed E-state index contributed by atoms with van der Waals surface area (Å²) in [6.45, 7) is 3.97. The molecule has 20 heavy (non-hydrogen) atoms. The smallest absolute Gasteiger partial charge is 0.166 e. The molecule has 0 saturated heterocycles. The largest absolute Gasteiger partial charge is 0.203 e. The molecule has 0 aliphatic carbocycles. The molecule has 0 spiro atoms. The van der Waals surface area contributed by atoms with Crippen molar-refractivity contribution in [2.45, 2.75) is 39.5 Å². The van der Waals surface area contributed by atoms with E-state index in [0.717, 1.165) is 24.8 Å². The van der Waals surface area contributed by atoms with E-state index in [1.807, 2.05) is 31.2 Å². The van der Waals surface area contributed by atoms with Gasteiger partial charge in [-0.3, -0.25) is 0 Å². The molecule has 0 nitrogen and oxygen atoms in total. The van der Waals surface area contributed by atoms with Crippen LogP contribution >= 0.6 is 0 Å². The van der Waals surface area contributed by atoms with Crippen LogP contribution in [0.3, 0.4) is 0 Å². The topological polar surface area (TPSA) is 0 Å². The molecule has 0 heterocycles. The van der Waals surface area contributed by atoms with Gasteiger partial charge in [-0.25, -0.2) is 8.78 Å². The van der Waals surface area contributed by atoms with Crippen LogP contribution < -0.4 is 0 Å². The van der Waals surface area contributed by atoms with Gasteiger partial charge in [0.1, 0.15) is 0 Å². The molecular weight excluding hydrogens is 254 g/mol. The van der Waals surface area contributed by atoms with E-state index in [0.29, 0.717) is 17.5 Å². The van der Waals surface area contributed by atoms with Crippen LogP contribution in [-0.2, 0) is 12.8 Å². The SMILES string of the molecule is CCCCc1ccc(-c2ccc(CC)c(F)c2F)cc1. The normalized spacial score (nSPS) is 10.8. The quantitative estimate of drug-likeness (QED) is 0.671. The number of aryl methyl sites for hydroxylation is 2. The number of unbranched alkanes of at least 4 members (excludes halogenated alkanes) is 1. The van der Waals surface area contributed by atoms with Crippen LogP contribution in [0.25, 0.3) is 11.1 Å². The first-order valence-corrected chi connectivity index (χ1v) is 7.23. The zero-order valence-corrected chi connectivity index (χ0v) is 12.0. The Hall–Kier alpha value is -1.70. The third-order valence-electron chi connectivity index (χ3n) is 3.63. The van der Waals surface area contributed by atoms with Crippen molar-refractivity contribution in [3.05, 3.63) is 59.2 Å². The maximum absolute atomic E-state index is 14.1. The molecule has 0 radical (unpaired) electrons. The van der Waals surface area contributed by atoms with E-state index >= 15 is 0 Å². The van der Waals surface area contributed by atoms with Gasteiger partial charge in [0, 0.05) is 5.56 Å². The lowest BCUT2D eigenvalue weighted by atomic mass is 9.99. The fourth-order valence-electron chi connectivity index (χ4n) is 2.32. The van der Waals surface area contributed by atoms with Gasteiger partial charge in [-0.1, -0.05) is 56.7 Å². The van der Waals surface area contributed by atoms with Crippen molar-refractivity contribution in [1.29, 1.82) is 0 Å². The van der Waals surface area contributed by atoms with Gasteiger partial charge in [-0.2, -0.15) is 0 Å². The van der Waals surface area contributed by atoms with Crippen LogP contribution in [0.2, 0.25) is 0 Å². The van der Waals surface area contributed by atoms with E-state index in [2.05, 4.69) is 6.92 Å². The molecule has 0 saturated carbocycles. The summed E-state index contributed by atoms with van der Waals surface area (Å²) in [6, 6.07) is 11.1. The lowest BCUT2D eigenvalue weighted by Gasteiger charge is -2.08. The molecule has 2 rings (SSSR count). The molecule has 0 aromatic heterocycles. The van der Waals surface area contributed by atoms with Crippen molar-refractivity contribution in [2.75, 3.05) is 0 Å². The molecule has 2 aromatic rings. The molecule has 0 atom stereocenters. The van der Waals surface area contributed by atoms with Crippen LogP contribution in [-0.4, -0.2) is 0 Å². The van der Waals surface area contributed by atoms with E-state index in [1.54, 1.807) is 12.1 Å². The van der Waals surface area contributed by atoms with Crippen LogP contribution in [0.5, 0.6) is 0 Å². The number of hydrogen-bond donors (Lipinski definition) is 0. The summed E-state index contributed by atoms with van der Waals surface area (Å²) in [7, 11) is 0. The summed E-state index contributed by atoms with van der Waals surface area (Å²) >= 11 is 0. The monoisotopic (exact) mass is 274 g/mol. The Morgan fingerprint density at radius 2 is 1.55 bits per heavy atom. The molecule has 2 aromatic carbocycles. The summed E-state index contributed by atoms with van der Waals surface area (Å²) in [5.41, 5.74) is 2.72. The molecule has 106 valence electrons. The maximum atomic E-state index is 14.1. The van der Waals surface area contributed by atoms with E-state index in [1.165, 1.54) is 5.56 Å². The van der Waals surface area contributed by atoms with Gasteiger partial charge in [0.2, 0.25) is 0 Å². The van der Waals surface area contributed by atoms with Gasteiger partial charge in [-0.05, 0) is 36.0 Å². The molecule has 0 aliphatic rings. The minimum Gasteiger partial charge on any atom is -0.203 e. The van der Waals surface area contributed by atoms with E-state index in [-0.39, 0.29) is 0 Å². The van der Waals surface area contributed by atoms with Crippen molar-refractivity contribution in [2.24, 2.45) is 0 Å². The highest BCUT2D eigenvalue weighted by atomic mass is 19.2. The molecule has 0 fully saturated rings. The Kier molecular flexibility index (Phi) is 4.89. The number of rotatable bonds is 5. The van der Waals surface area contributed by atoms with Crippen LogP contribution in [0, 0.1) is 11.6 Å². The van der Waals surface area contributed by atoms with Gasteiger partial charge in [0.25, 0.3) is 0 Å². The standard InChI is InChI=1S/C18H20F2/c1-3-5-6-13-7-9-15(10-8-13)16-12-11-14(4-2)17(19)18(16)20/h7-12H,3-6H2,1-2H3. The zero-order chi connectivity index (χ0) is 14.5. The first-order chi connectivity index (χ1) is 9.67. The van der Waals surface area contributed by atoms with Gasteiger partial charge >= 0.3 is 0 Å². The van der Waals surface area contributed by atoms with Gasteiger partial charge in [-0.15, -0.1) is 0 Å². The summed E-state index contributed by atoms with van der Waals surface area (Å²) in [5.74, 6) is -1.47. The van der Waals surface area contributed by atoms with Crippen molar-refractivity contribution in [1.82, 2.24) is 0 Å². The predicted molar refractivity (Wildman–Crippen MR) is 79.8 cm³/mol. The Morgan fingerprint density at radius 1 is 0.850 bits per heavy atom. The van der Waals surface area contributed by atoms with E-state index < -0.39 is 11.6 Å². The van der Waals surface area contributed by atoms with Gasteiger partial charge in [0.05, 0.1) is 0 Å². The number of benzene rings is 2. The highest BCUT2D eigenvalue weighted by molar-refractivity contribution is 5.65. The third-order valence-corrected chi connectivity index (χ3v) is 3.63. The Labute approximate surface area is 119 Å². The minimum atomic E-state index is -0.745. The molecule has 0 bridgehead atoms. The van der Waals surface area contributed by atoms with Crippen LogP contribution in [0.1, 0.15) is 37.8 Å². The second-order valence-corrected chi connectivity index (χ2v) is 5.05. The summed E-state index contributed by atoms with van der Waals surface area (Å²) in [4.78, 5) is 0. The van der Waals surface area contributed by atoms with Gasteiger partial charge in [0.15, 0.2) is 11.6 Å². The lowest BCUT2D eigenvalue weighted by molar-refractivity contribution is 0.502. The lowest BCUT2D eigenvalue weighted by Crippen LogP contribution is -1.96. The van der Waals surface area contributed by atoms with Crippen molar-refractivity contribution in [3.8, 4) is 11.1 Å². The van der Waals surface area contributed by atoms with Crippen molar-refractivity contribution in [3.63, 3.8) is 0 Å². The molecule has 0 N–H and O–H groups in total. The van der Waals surface area contributed by atoms with E-state index in [9.17, 15) is 8.78 Å². The Morgan fingerprint density at radius 3 is 2.15 bits per heavy atom. The molecule has 2 heteroatoms. The van der Waals surface area contributed by atoms with Crippen LogP contribution in [0.4, 0.5) is 8.78 Å². The minimum absolute atomic E-state index is 0.335. The predicted octanol–water partition coefficient (Wildman–Crippen LogP) is 5.54. The average Bonchev–Trinajstić information content (AvgIpc) is 2.48. The maximum Gasteiger partial charge on any atom is 0.166 e. The first kappa shape index (κ1) is 14.7.